The molecule has 1 fully saturated rings. The first-order chi connectivity index (χ1) is 9.56. The molecule has 6 heteroatoms. The third kappa shape index (κ3) is 3.26. The van der Waals surface area contributed by atoms with Gasteiger partial charge >= 0.3 is 6.61 Å². The first-order valence-corrected chi connectivity index (χ1v) is 6.68. The molecule has 1 unspecified atom stereocenters. The number of rotatable bonds is 5. The van der Waals surface area contributed by atoms with E-state index in [0.29, 0.717) is 0 Å². The van der Waals surface area contributed by atoms with E-state index in [1.807, 2.05) is 13.0 Å². The molecule has 112 valence electrons. The average Bonchev–Trinajstić information content (AvgIpc) is 2.47. The van der Waals surface area contributed by atoms with Crippen LogP contribution in [0.3, 0.4) is 0 Å². The van der Waals surface area contributed by atoms with Crippen LogP contribution >= 0.6 is 0 Å². The fourth-order valence-corrected chi connectivity index (χ4v) is 2.54. The fourth-order valence-electron chi connectivity index (χ4n) is 2.54. The van der Waals surface area contributed by atoms with E-state index in [4.69, 9.17) is 0 Å². The quantitative estimate of drug-likeness (QED) is 0.859. The Kier molecular flexibility index (Phi) is 4.91. The number of aliphatic hydroxyl groups excluding tert-OH is 1. The zero-order valence-electron chi connectivity index (χ0n) is 11.5. The highest BCUT2D eigenvalue weighted by Gasteiger charge is 2.34. The van der Waals surface area contributed by atoms with Crippen LogP contribution in [-0.4, -0.2) is 49.4 Å². The van der Waals surface area contributed by atoms with Crippen molar-refractivity contribution < 1.29 is 18.6 Å². The minimum Gasteiger partial charge on any atom is -0.435 e. The molecule has 1 aliphatic heterocycles. The maximum atomic E-state index is 12.3. The topological polar surface area (TPSA) is 44.7 Å². The van der Waals surface area contributed by atoms with Crippen LogP contribution in [0.15, 0.2) is 24.3 Å². The van der Waals surface area contributed by atoms with Gasteiger partial charge in [-0.05, 0) is 24.6 Å². The van der Waals surface area contributed by atoms with Gasteiger partial charge in [0.2, 0.25) is 0 Å². The normalized spacial score (nSPS) is 19.9. The average molecular weight is 286 g/mol. The standard InChI is InChI=1S/C14H20F2N2O2/c1-14(10-19,18-7-5-17-6-8-18)11-3-2-4-12(9-11)20-13(15)16/h2-4,9,13,17,19H,5-8,10H2,1H3. The number of benzene rings is 1. The number of nitrogens with one attached hydrogen (secondary N) is 1. The van der Waals surface area contributed by atoms with E-state index >= 15 is 0 Å². The summed E-state index contributed by atoms with van der Waals surface area (Å²) in [5.41, 5.74) is 0.184. The second kappa shape index (κ2) is 6.47. The van der Waals surface area contributed by atoms with Gasteiger partial charge in [0, 0.05) is 26.2 Å². The van der Waals surface area contributed by atoms with E-state index in [1.165, 1.54) is 6.07 Å². The summed E-state index contributed by atoms with van der Waals surface area (Å²) in [6.45, 7) is 2.30. The first-order valence-electron chi connectivity index (χ1n) is 6.68. The third-order valence-electron chi connectivity index (χ3n) is 3.80. The number of ether oxygens (including phenoxy) is 1. The van der Waals surface area contributed by atoms with Crippen molar-refractivity contribution in [2.75, 3.05) is 32.8 Å². The molecule has 0 radical (unpaired) electrons. The van der Waals surface area contributed by atoms with Crippen LogP contribution in [0.5, 0.6) is 5.75 Å². The van der Waals surface area contributed by atoms with Crippen molar-refractivity contribution in [3.8, 4) is 5.75 Å². The van der Waals surface area contributed by atoms with E-state index in [2.05, 4.69) is 15.0 Å². The van der Waals surface area contributed by atoms with E-state index in [-0.39, 0.29) is 12.4 Å². The number of aliphatic hydroxyl groups is 1. The molecule has 1 saturated heterocycles. The molecular formula is C14H20F2N2O2. The molecule has 1 aromatic carbocycles. The van der Waals surface area contributed by atoms with E-state index in [9.17, 15) is 13.9 Å². The van der Waals surface area contributed by atoms with Gasteiger partial charge in [0.05, 0.1) is 12.1 Å². The molecule has 1 atom stereocenters. The van der Waals surface area contributed by atoms with Crippen molar-refractivity contribution in [1.29, 1.82) is 0 Å². The lowest BCUT2D eigenvalue weighted by atomic mass is 9.90. The second-order valence-corrected chi connectivity index (χ2v) is 5.08. The smallest absolute Gasteiger partial charge is 0.387 e. The highest BCUT2D eigenvalue weighted by atomic mass is 19.3. The summed E-state index contributed by atoms with van der Waals surface area (Å²) in [6.07, 6.45) is 0. The van der Waals surface area contributed by atoms with Crippen molar-refractivity contribution >= 4 is 0 Å². The summed E-state index contributed by atoms with van der Waals surface area (Å²) < 4.78 is 29.0. The number of alkyl halides is 2. The molecule has 2 N–H and O–H groups in total. The van der Waals surface area contributed by atoms with Gasteiger partial charge in [-0.25, -0.2) is 0 Å². The van der Waals surface area contributed by atoms with Crippen molar-refractivity contribution in [2.45, 2.75) is 19.1 Å². The Morgan fingerprint density at radius 3 is 2.70 bits per heavy atom. The summed E-state index contributed by atoms with van der Waals surface area (Å²) in [7, 11) is 0. The zero-order valence-corrected chi connectivity index (χ0v) is 11.5. The van der Waals surface area contributed by atoms with Crippen LogP contribution in [0.1, 0.15) is 12.5 Å². The molecule has 0 bridgehead atoms. The summed E-state index contributed by atoms with van der Waals surface area (Å²) >= 11 is 0. The van der Waals surface area contributed by atoms with Crippen molar-refractivity contribution in [3.63, 3.8) is 0 Å². The molecule has 2 rings (SSSR count). The van der Waals surface area contributed by atoms with Crippen LogP contribution in [0.25, 0.3) is 0 Å². The van der Waals surface area contributed by atoms with Crippen LogP contribution < -0.4 is 10.1 Å². The van der Waals surface area contributed by atoms with Gasteiger partial charge in [-0.2, -0.15) is 8.78 Å². The number of hydrogen-bond donors (Lipinski definition) is 2. The predicted molar refractivity (Wildman–Crippen MR) is 72.0 cm³/mol. The van der Waals surface area contributed by atoms with Crippen molar-refractivity contribution in [3.05, 3.63) is 29.8 Å². The molecule has 1 heterocycles. The number of hydrogen-bond acceptors (Lipinski definition) is 4. The maximum Gasteiger partial charge on any atom is 0.387 e. The lowest BCUT2D eigenvalue weighted by molar-refractivity contribution is -0.0501. The Balaban J connectivity index is 2.25. The molecule has 4 nitrogen and oxygen atoms in total. The Bertz CT molecular complexity index is 439. The Morgan fingerprint density at radius 2 is 2.10 bits per heavy atom. The van der Waals surface area contributed by atoms with Gasteiger partial charge < -0.3 is 15.2 Å². The van der Waals surface area contributed by atoms with Crippen LogP contribution in [0.4, 0.5) is 8.78 Å². The molecule has 1 aromatic rings. The molecule has 0 saturated carbocycles. The number of piperazine rings is 1. The molecule has 20 heavy (non-hydrogen) atoms. The van der Waals surface area contributed by atoms with E-state index < -0.39 is 12.2 Å². The number of nitrogens with zero attached hydrogens (tertiary/aromatic N) is 1. The summed E-state index contributed by atoms with van der Waals surface area (Å²) in [6, 6.07) is 6.56. The first kappa shape index (κ1) is 15.2. The van der Waals surface area contributed by atoms with Crippen molar-refractivity contribution in [2.24, 2.45) is 0 Å². The zero-order chi connectivity index (χ0) is 14.6. The summed E-state index contributed by atoms with van der Waals surface area (Å²) in [4.78, 5) is 2.16. The van der Waals surface area contributed by atoms with E-state index in [1.54, 1.807) is 12.1 Å². The van der Waals surface area contributed by atoms with Gasteiger partial charge in [-0.15, -0.1) is 0 Å². The molecule has 0 spiro atoms. The van der Waals surface area contributed by atoms with Gasteiger partial charge in [-0.1, -0.05) is 12.1 Å². The van der Waals surface area contributed by atoms with Gasteiger partial charge in [0.1, 0.15) is 5.75 Å². The Hall–Kier alpha value is -1.24. The van der Waals surface area contributed by atoms with Gasteiger partial charge in [0.25, 0.3) is 0 Å². The predicted octanol–water partition coefficient (Wildman–Crippen LogP) is 1.40. The fraction of sp³-hybridized carbons (Fsp3) is 0.571. The van der Waals surface area contributed by atoms with Gasteiger partial charge in [-0.3, -0.25) is 4.90 Å². The van der Waals surface area contributed by atoms with Crippen LogP contribution in [0, 0.1) is 0 Å². The molecule has 0 aliphatic carbocycles. The third-order valence-corrected chi connectivity index (χ3v) is 3.80. The highest BCUT2D eigenvalue weighted by Crippen LogP contribution is 2.30. The molecule has 0 amide bonds. The molecular weight excluding hydrogens is 266 g/mol. The monoisotopic (exact) mass is 286 g/mol. The minimum absolute atomic E-state index is 0.0782. The Labute approximate surface area is 117 Å². The Morgan fingerprint density at radius 1 is 1.40 bits per heavy atom. The maximum absolute atomic E-state index is 12.3. The lowest BCUT2D eigenvalue weighted by Gasteiger charge is -2.43. The molecule has 0 aromatic heterocycles. The van der Waals surface area contributed by atoms with Crippen molar-refractivity contribution in [1.82, 2.24) is 10.2 Å². The number of halogens is 2. The minimum atomic E-state index is -2.84. The highest BCUT2D eigenvalue weighted by molar-refractivity contribution is 5.33. The second-order valence-electron chi connectivity index (χ2n) is 5.08. The largest absolute Gasteiger partial charge is 0.435 e. The van der Waals surface area contributed by atoms with E-state index in [0.717, 1.165) is 31.7 Å². The van der Waals surface area contributed by atoms with Crippen LogP contribution in [-0.2, 0) is 5.54 Å². The SMILES string of the molecule is CC(CO)(c1cccc(OC(F)F)c1)N1CCNCC1. The van der Waals surface area contributed by atoms with Crippen LogP contribution in [0.2, 0.25) is 0 Å². The summed E-state index contributed by atoms with van der Waals surface area (Å²) in [5, 5.41) is 13.1. The summed E-state index contributed by atoms with van der Waals surface area (Å²) in [5.74, 6) is 0.118. The molecule has 1 aliphatic rings. The lowest BCUT2D eigenvalue weighted by Crippen LogP contribution is -2.54. The van der Waals surface area contributed by atoms with Gasteiger partial charge in [0.15, 0.2) is 0 Å².